The van der Waals surface area contributed by atoms with Crippen LogP contribution < -0.4 is 9.46 Å². The highest BCUT2D eigenvalue weighted by Crippen LogP contribution is 2.27. The van der Waals surface area contributed by atoms with Gasteiger partial charge in [-0.2, -0.15) is 5.26 Å². The molecule has 22 heavy (non-hydrogen) atoms. The summed E-state index contributed by atoms with van der Waals surface area (Å²) in [6, 6.07) is 3.88. The molecule has 6 nitrogen and oxygen atoms in total. The monoisotopic (exact) mass is 328 g/mol. The van der Waals surface area contributed by atoms with Crippen LogP contribution in [0.3, 0.4) is 0 Å². The zero-order valence-electron chi connectivity index (χ0n) is 12.1. The summed E-state index contributed by atoms with van der Waals surface area (Å²) >= 11 is 0. The number of nitriles is 1. The van der Waals surface area contributed by atoms with E-state index in [1.54, 1.807) is 6.07 Å². The SMILES string of the molecule is COc1cc(NS(=O)(=O)C[C@H]2CCCCO2)c(F)cc1C#N. The third-order valence-corrected chi connectivity index (χ3v) is 4.70. The van der Waals surface area contributed by atoms with Crippen LogP contribution in [0, 0.1) is 17.1 Å². The van der Waals surface area contributed by atoms with Crippen LogP contribution >= 0.6 is 0 Å². The lowest BCUT2D eigenvalue weighted by molar-refractivity contribution is 0.0306. The fraction of sp³-hybridized carbons (Fsp3) is 0.500. The molecule has 0 radical (unpaired) electrons. The van der Waals surface area contributed by atoms with E-state index in [0.29, 0.717) is 13.0 Å². The van der Waals surface area contributed by atoms with Crippen molar-refractivity contribution >= 4 is 15.7 Å². The maximum absolute atomic E-state index is 13.9. The van der Waals surface area contributed by atoms with Crippen LogP contribution in [0.4, 0.5) is 10.1 Å². The Balaban J connectivity index is 2.16. The van der Waals surface area contributed by atoms with E-state index in [2.05, 4.69) is 4.72 Å². The number of hydrogen-bond donors (Lipinski definition) is 1. The van der Waals surface area contributed by atoms with E-state index in [4.69, 9.17) is 14.7 Å². The van der Waals surface area contributed by atoms with Crippen molar-refractivity contribution in [2.45, 2.75) is 25.4 Å². The largest absolute Gasteiger partial charge is 0.495 e. The number of methoxy groups -OCH3 is 1. The quantitative estimate of drug-likeness (QED) is 0.893. The Morgan fingerprint density at radius 2 is 2.27 bits per heavy atom. The second kappa shape index (κ2) is 6.94. The Morgan fingerprint density at radius 1 is 1.50 bits per heavy atom. The molecule has 8 heteroatoms. The van der Waals surface area contributed by atoms with Crippen LogP contribution in [0.5, 0.6) is 5.75 Å². The fourth-order valence-corrected chi connectivity index (χ4v) is 3.61. The molecule has 0 unspecified atom stereocenters. The van der Waals surface area contributed by atoms with E-state index in [0.717, 1.165) is 25.0 Å². The lowest BCUT2D eigenvalue weighted by Gasteiger charge is -2.22. The smallest absolute Gasteiger partial charge is 0.235 e. The number of anilines is 1. The maximum atomic E-state index is 13.9. The molecule has 0 aliphatic carbocycles. The number of rotatable bonds is 5. The second-order valence-corrected chi connectivity index (χ2v) is 6.78. The third-order valence-electron chi connectivity index (χ3n) is 3.35. The van der Waals surface area contributed by atoms with E-state index in [1.807, 2.05) is 0 Å². The lowest BCUT2D eigenvalue weighted by Crippen LogP contribution is -2.31. The average Bonchev–Trinajstić information content (AvgIpc) is 2.49. The summed E-state index contributed by atoms with van der Waals surface area (Å²) in [4.78, 5) is 0. The van der Waals surface area contributed by atoms with Crippen molar-refractivity contribution in [3.63, 3.8) is 0 Å². The Hall–Kier alpha value is -1.85. The van der Waals surface area contributed by atoms with Crippen LogP contribution in [0.15, 0.2) is 12.1 Å². The molecule has 1 heterocycles. The zero-order chi connectivity index (χ0) is 16.2. The topological polar surface area (TPSA) is 88.4 Å². The molecule has 1 aliphatic rings. The molecule has 1 saturated heterocycles. The summed E-state index contributed by atoms with van der Waals surface area (Å²) in [5, 5.41) is 8.86. The van der Waals surface area contributed by atoms with Gasteiger partial charge in [0.1, 0.15) is 17.6 Å². The normalized spacial score (nSPS) is 18.5. The van der Waals surface area contributed by atoms with Gasteiger partial charge in [0.25, 0.3) is 0 Å². The van der Waals surface area contributed by atoms with Crippen LogP contribution in [0.2, 0.25) is 0 Å². The molecule has 0 saturated carbocycles. The first-order valence-electron chi connectivity index (χ1n) is 6.85. The molecule has 0 spiro atoms. The molecule has 1 aliphatic heterocycles. The molecule has 1 atom stereocenters. The van der Waals surface area contributed by atoms with Crippen molar-refractivity contribution in [3.05, 3.63) is 23.5 Å². The van der Waals surface area contributed by atoms with Gasteiger partial charge in [-0.15, -0.1) is 0 Å². The molecule has 1 fully saturated rings. The average molecular weight is 328 g/mol. The predicted octanol–water partition coefficient (Wildman–Crippen LogP) is 2.02. The maximum Gasteiger partial charge on any atom is 0.235 e. The van der Waals surface area contributed by atoms with E-state index in [9.17, 15) is 12.8 Å². The van der Waals surface area contributed by atoms with Gasteiger partial charge < -0.3 is 9.47 Å². The first-order valence-corrected chi connectivity index (χ1v) is 8.50. The minimum atomic E-state index is -3.75. The number of halogens is 1. The van der Waals surface area contributed by atoms with Crippen LogP contribution in [0.25, 0.3) is 0 Å². The van der Waals surface area contributed by atoms with Gasteiger partial charge in [-0.25, -0.2) is 12.8 Å². The second-order valence-electron chi connectivity index (χ2n) is 5.02. The molecule has 0 bridgehead atoms. The van der Waals surface area contributed by atoms with Gasteiger partial charge in [-0.05, 0) is 25.3 Å². The van der Waals surface area contributed by atoms with Gasteiger partial charge in [-0.3, -0.25) is 4.72 Å². The van der Waals surface area contributed by atoms with Crippen molar-refractivity contribution in [2.75, 3.05) is 24.2 Å². The number of sulfonamides is 1. The minimum absolute atomic E-state index is 0.00133. The van der Waals surface area contributed by atoms with Gasteiger partial charge >= 0.3 is 0 Å². The van der Waals surface area contributed by atoms with Crippen molar-refractivity contribution in [2.24, 2.45) is 0 Å². The summed E-state index contributed by atoms with van der Waals surface area (Å²) in [5.74, 6) is -0.949. The fourth-order valence-electron chi connectivity index (χ4n) is 2.28. The summed E-state index contributed by atoms with van der Waals surface area (Å²) in [6.07, 6.45) is 2.12. The number of nitrogens with zero attached hydrogens (tertiary/aromatic N) is 1. The molecular weight excluding hydrogens is 311 g/mol. The van der Waals surface area contributed by atoms with Gasteiger partial charge in [0.05, 0.1) is 30.2 Å². The van der Waals surface area contributed by atoms with Gasteiger partial charge in [-0.1, -0.05) is 0 Å². The molecule has 2 rings (SSSR count). The molecule has 0 amide bonds. The van der Waals surface area contributed by atoms with Crippen LogP contribution in [-0.4, -0.2) is 34.0 Å². The summed E-state index contributed by atoms with van der Waals surface area (Å²) < 4.78 is 50.6. The number of nitrogens with one attached hydrogen (secondary N) is 1. The van der Waals surface area contributed by atoms with Crippen LogP contribution in [0.1, 0.15) is 24.8 Å². The Morgan fingerprint density at radius 3 is 2.86 bits per heavy atom. The standard InChI is InChI=1S/C14H17FN2O4S/c1-20-14-7-13(12(15)6-10(14)8-16)17-22(18,19)9-11-4-2-3-5-21-11/h6-7,11,17H,2-5,9H2,1H3/t11-/m1/s1. The summed E-state index contributed by atoms with van der Waals surface area (Å²) in [6.45, 7) is 0.541. The number of ether oxygens (including phenoxy) is 2. The number of benzene rings is 1. The third kappa shape index (κ3) is 4.08. The summed E-state index contributed by atoms with van der Waals surface area (Å²) in [7, 11) is -2.43. The first-order chi connectivity index (χ1) is 10.4. The summed E-state index contributed by atoms with van der Waals surface area (Å²) in [5.41, 5.74) is -0.245. The molecule has 120 valence electrons. The Kier molecular flexibility index (Phi) is 5.21. The molecule has 1 aromatic rings. The molecule has 0 aromatic heterocycles. The van der Waals surface area contributed by atoms with Crippen molar-refractivity contribution in [3.8, 4) is 11.8 Å². The highest BCUT2D eigenvalue weighted by Gasteiger charge is 2.23. The van der Waals surface area contributed by atoms with Gasteiger partial charge in [0.15, 0.2) is 0 Å². The van der Waals surface area contributed by atoms with Gasteiger partial charge in [0.2, 0.25) is 10.0 Å². The molecule has 1 N–H and O–H groups in total. The molecule has 1 aromatic carbocycles. The van der Waals surface area contributed by atoms with E-state index >= 15 is 0 Å². The Bertz CT molecular complexity index is 679. The first kappa shape index (κ1) is 16.5. The van der Waals surface area contributed by atoms with Crippen LogP contribution in [-0.2, 0) is 14.8 Å². The molecular formula is C14H17FN2O4S. The Labute approximate surface area is 128 Å². The van der Waals surface area contributed by atoms with E-state index in [1.165, 1.54) is 7.11 Å². The lowest BCUT2D eigenvalue weighted by atomic mass is 10.1. The van der Waals surface area contributed by atoms with Crippen molar-refractivity contribution < 1.29 is 22.3 Å². The van der Waals surface area contributed by atoms with Gasteiger partial charge in [0, 0.05) is 12.7 Å². The van der Waals surface area contributed by atoms with E-state index in [-0.39, 0.29) is 28.9 Å². The number of hydrogen-bond acceptors (Lipinski definition) is 5. The minimum Gasteiger partial charge on any atom is -0.495 e. The zero-order valence-corrected chi connectivity index (χ0v) is 13.0. The van der Waals surface area contributed by atoms with Crippen molar-refractivity contribution in [1.29, 1.82) is 5.26 Å². The highest BCUT2D eigenvalue weighted by molar-refractivity contribution is 7.92. The van der Waals surface area contributed by atoms with Crippen molar-refractivity contribution in [1.82, 2.24) is 0 Å². The predicted molar refractivity (Wildman–Crippen MR) is 78.7 cm³/mol. The highest BCUT2D eigenvalue weighted by atomic mass is 32.2. The van der Waals surface area contributed by atoms with E-state index < -0.39 is 15.8 Å².